The molecule has 2 aliphatic rings. The molecule has 102 valence electrons. The minimum absolute atomic E-state index is 0.291. The minimum Gasteiger partial charge on any atom is -0.332 e. The normalized spacial score (nSPS) is 16.4. The van der Waals surface area contributed by atoms with Crippen LogP contribution in [-0.4, -0.2) is 19.4 Å². The maximum atomic E-state index is 2.48. The highest BCUT2D eigenvalue weighted by atomic mass is 15.6. The van der Waals surface area contributed by atoms with Gasteiger partial charge in [0.05, 0.1) is 22.7 Å². The second-order valence-electron chi connectivity index (χ2n) is 5.27. The lowest BCUT2D eigenvalue weighted by atomic mass is 10.2. The molecular formula is C17H19N3. The predicted octanol–water partition coefficient (Wildman–Crippen LogP) is 3.79. The van der Waals surface area contributed by atoms with Crippen LogP contribution in [0.25, 0.3) is 0 Å². The summed E-state index contributed by atoms with van der Waals surface area (Å²) in [6.45, 7) is 6.50. The Hall–Kier alpha value is -2.16. The minimum atomic E-state index is 0.291. The van der Waals surface area contributed by atoms with Crippen LogP contribution in [0.4, 0.5) is 22.7 Å². The summed E-state index contributed by atoms with van der Waals surface area (Å²) in [6.07, 6.45) is 0.291. The van der Waals surface area contributed by atoms with Crippen LogP contribution >= 0.6 is 0 Å². The number of rotatable bonds is 2. The van der Waals surface area contributed by atoms with E-state index in [0.717, 1.165) is 13.1 Å². The number of hydrogen-bond donors (Lipinski definition) is 0. The van der Waals surface area contributed by atoms with Gasteiger partial charge in [-0.05, 0) is 38.1 Å². The van der Waals surface area contributed by atoms with E-state index in [0.29, 0.717) is 6.29 Å². The predicted molar refractivity (Wildman–Crippen MR) is 84.9 cm³/mol. The molecule has 3 heteroatoms. The largest absolute Gasteiger partial charge is 0.332 e. The fourth-order valence-corrected chi connectivity index (χ4v) is 3.56. The van der Waals surface area contributed by atoms with Crippen LogP contribution in [0.3, 0.4) is 0 Å². The molecular weight excluding hydrogens is 246 g/mol. The van der Waals surface area contributed by atoms with Crippen molar-refractivity contribution in [1.82, 2.24) is 0 Å². The van der Waals surface area contributed by atoms with Gasteiger partial charge in [-0.3, -0.25) is 4.90 Å². The Morgan fingerprint density at radius 3 is 1.50 bits per heavy atom. The molecule has 0 aliphatic carbocycles. The molecule has 0 atom stereocenters. The first-order chi connectivity index (χ1) is 9.86. The zero-order chi connectivity index (χ0) is 13.7. The fourth-order valence-electron chi connectivity index (χ4n) is 3.56. The fraction of sp³-hybridized carbons (Fsp3) is 0.294. The zero-order valence-corrected chi connectivity index (χ0v) is 12.0. The Bertz CT molecular complexity index is 597. The molecule has 2 heterocycles. The highest BCUT2D eigenvalue weighted by Crippen LogP contribution is 2.52. The lowest BCUT2D eigenvalue weighted by molar-refractivity contribution is 0.623. The maximum Gasteiger partial charge on any atom is 0.185 e. The molecule has 3 nitrogen and oxygen atoms in total. The van der Waals surface area contributed by atoms with Crippen molar-refractivity contribution in [2.45, 2.75) is 20.1 Å². The summed E-state index contributed by atoms with van der Waals surface area (Å²) in [5.41, 5.74) is 5.33. The second kappa shape index (κ2) is 4.17. The Morgan fingerprint density at radius 1 is 0.700 bits per heavy atom. The molecule has 0 fully saturated rings. The van der Waals surface area contributed by atoms with E-state index in [1.54, 1.807) is 0 Å². The first-order valence-electron chi connectivity index (χ1n) is 7.37. The molecule has 0 aromatic heterocycles. The van der Waals surface area contributed by atoms with Gasteiger partial charge in [-0.2, -0.15) is 0 Å². The smallest absolute Gasteiger partial charge is 0.185 e. The molecule has 0 spiro atoms. The van der Waals surface area contributed by atoms with Crippen LogP contribution in [-0.2, 0) is 0 Å². The van der Waals surface area contributed by atoms with E-state index < -0.39 is 0 Å². The van der Waals surface area contributed by atoms with Gasteiger partial charge in [0.25, 0.3) is 0 Å². The second-order valence-corrected chi connectivity index (χ2v) is 5.27. The van der Waals surface area contributed by atoms with Gasteiger partial charge in [0.2, 0.25) is 0 Å². The monoisotopic (exact) mass is 265 g/mol. The summed E-state index contributed by atoms with van der Waals surface area (Å²) in [6, 6.07) is 17.4. The summed E-state index contributed by atoms with van der Waals surface area (Å²) in [7, 11) is 0. The molecule has 0 amide bonds. The topological polar surface area (TPSA) is 9.72 Å². The molecule has 2 aromatic rings. The lowest BCUT2D eigenvalue weighted by Gasteiger charge is -2.33. The van der Waals surface area contributed by atoms with Crippen molar-refractivity contribution in [3.63, 3.8) is 0 Å². The van der Waals surface area contributed by atoms with E-state index in [2.05, 4.69) is 77.1 Å². The van der Waals surface area contributed by atoms with Gasteiger partial charge in [0, 0.05) is 13.1 Å². The highest BCUT2D eigenvalue weighted by molar-refractivity contribution is 5.93. The van der Waals surface area contributed by atoms with Crippen molar-refractivity contribution in [3.8, 4) is 0 Å². The van der Waals surface area contributed by atoms with E-state index in [1.807, 2.05) is 0 Å². The van der Waals surface area contributed by atoms with Crippen molar-refractivity contribution in [1.29, 1.82) is 0 Å². The summed E-state index contributed by atoms with van der Waals surface area (Å²) in [4.78, 5) is 7.44. The molecule has 0 N–H and O–H groups in total. The van der Waals surface area contributed by atoms with E-state index in [9.17, 15) is 0 Å². The number of benzene rings is 2. The van der Waals surface area contributed by atoms with Gasteiger partial charge in [-0.1, -0.05) is 24.3 Å². The molecule has 0 saturated heterocycles. The van der Waals surface area contributed by atoms with Crippen molar-refractivity contribution < 1.29 is 0 Å². The summed E-state index contributed by atoms with van der Waals surface area (Å²) in [5.74, 6) is 0. The third-order valence-electron chi connectivity index (χ3n) is 4.37. The third-order valence-corrected chi connectivity index (χ3v) is 4.37. The van der Waals surface area contributed by atoms with Gasteiger partial charge in [0.15, 0.2) is 6.29 Å². The van der Waals surface area contributed by atoms with Crippen LogP contribution in [0, 0.1) is 0 Å². The van der Waals surface area contributed by atoms with Gasteiger partial charge >= 0.3 is 0 Å². The van der Waals surface area contributed by atoms with E-state index in [4.69, 9.17) is 0 Å². The average molecular weight is 265 g/mol. The van der Waals surface area contributed by atoms with Crippen LogP contribution in [0.1, 0.15) is 13.8 Å². The third kappa shape index (κ3) is 1.30. The summed E-state index contributed by atoms with van der Waals surface area (Å²) >= 11 is 0. The zero-order valence-electron chi connectivity index (χ0n) is 12.0. The van der Waals surface area contributed by atoms with Gasteiger partial charge in [0.1, 0.15) is 0 Å². The summed E-state index contributed by atoms with van der Waals surface area (Å²) < 4.78 is 0. The van der Waals surface area contributed by atoms with Crippen LogP contribution < -0.4 is 14.7 Å². The number of fused-ring (bicyclic) bond motifs is 5. The van der Waals surface area contributed by atoms with E-state index in [-0.39, 0.29) is 0 Å². The Morgan fingerprint density at radius 2 is 1.10 bits per heavy atom. The van der Waals surface area contributed by atoms with E-state index in [1.165, 1.54) is 22.7 Å². The van der Waals surface area contributed by atoms with Crippen LogP contribution in [0.15, 0.2) is 48.5 Å². The Balaban J connectivity index is 1.95. The van der Waals surface area contributed by atoms with E-state index >= 15 is 0 Å². The lowest BCUT2D eigenvalue weighted by Crippen LogP contribution is -2.50. The first kappa shape index (κ1) is 11.6. The van der Waals surface area contributed by atoms with Crippen molar-refractivity contribution in [2.24, 2.45) is 0 Å². The molecule has 0 radical (unpaired) electrons. The molecule has 0 bridgehead atoms. The van der Waals surface area contributed by atoms with Crippen molar-refractivity contribution in [2.75, 3.05) is 27.8 Å². The SMILES string of the molecule is CCN1c2ccccc2N2c3ccccc3N(CC)C12. The van der Waals surface area contributed by atoms with Crippen molar-refractivity contribution >= 4 is 22.7 Å². The summed E-state index contributed by atoms with van der Waals surface area (Å²) in [5, 5.41) is 0. The molecule has 2 aliphatic heterocycles. The molecule has 2 aromatic carbocycles. The van der Waals surface area contributed by atoms with Crippen molar-refractivity contribution in [3.05, 3.63) is 48.5 Å². The number of anilines is 4. The Labute approximate surface area is 120 Å². The average Bonchev–Trinajstić information content (AvgIpc) is 2.99. The molecule has 4 rings (SSSR count). The maximum absolute atomic E-state index is 2.48. The van der Waals surface area contributed by atoms with Gasteiger partial charge < -0.3 is 9.80 Å². The first-order valence-corrected chi connectivity index (χ1v) is 7.37. The Kier molecular flexibility index (Phi) is 2.43. The standard InChI is InChI=1S/C17H19N3/c1-3-18-13-9-5-7-11-15(13)20-16-12-8-6-10-14(16)19(4-2)17(18)20/h5-12,17H,3-4H2,1-2H3. The van der Waals surface area contributed by atoms with Crippen LogP contribution in [0.2, 0.25) is 0 Å². The quantitative estimate of drug-likeness (QED) is 0.818. The van der Waals surface area contributed by atoms with Gasteiger partial charge in [-0.25, -0.2) is 0 Å². The number of para-hydroxylation sites is 4. The van der Waals surface area contributed by atoms with Gasteiger partial charge in [-0.15, -0.1) is 0 Å². The number of nitrogens with zero attached hydrogens (tertiary/aromatic N) is 3. The number of hydrogen-bond acceptors (Lipinski definition) is 3. The molecule has 0 saturated carbocycles. The molecule has 0 unspecified atom stereocenters. The highest BCUT2D eigenvalue weighted by Gasteiger charge is 2.45. The van der Waals surface area contributed by atoms with Crippen LogP contribution in [0.5, 0.6) is 0 Å². The molecule has 20 heavy (non-hydrogen) atoms.